The molecule has 0 aromatic heterocycles. The van der Waals surface area contributed by atoms with Crippen LogP contribution in [0.1, 0.15) is 12.5 Å². The Morgan fingerprint density at radius 1 is 0.935 bits per heavy atom. The third-order valence-electron chi connectivity index (χ3n) is 4.10. The van der Waals surface area contributed by atoms with Crippen LogP contribution in [0.15, 0.2) is 41.4 Å². The number of halogens is 3. The van der Waals surface area contributed by atoms with Crippen molar-refractivity contribution < 1.29 is 27.7 Å². The van der Waals surface area contributed by atoms with Gasteiger partial charge in [-0.15, -0.1) is 24.0 Å². The number of alkyl halides is 2. The van der Waals surface area contributed by atoms with Gasteiger partial charge < -0.3 is 29.6 Å². The molecule has 0 aliphatic heterocycles. The molecule has 0 saturated carbocycles. The first kappa shape index (κ1) is 26.5. The molecule has 0 fully saturated rings. The second-order valence-electron chi connectivity index (χ2n) is 6.07. The molecule has 0 amide bonds. The number of methoxy groups -OCH3 is 3. The third kappa shape index (κ3) is 8.27. The second-order valence-corrected chi connectivity index (χ2v) is 6.07. The third-order valence-corrected chi connectivity index (χ3v) is 4.10. The Hall–Kier alpha value is -2.50. The van der Waals surface area contributed by atoms with Crippen molar-refractivity contribution in [2.24, 2.45) is 4.99 Å². The number of guanidine groups is 1. The molecule has 0 bridgehead atoms. The summed E-state index contributed by atoms with van der Waals surface area (Å²) in [5.41, 5.74) is 1.58. The number of hydrogen-bond donors (Lipinski definition) is 2. The standard InChI is InChI=1S/C21H27F2N3O4.HI/c1-5-24-21(26-15-7-9-16(27-2)18(13-15)29-4)25-11-10-14-6-8-17(28-3)19(12-14)30-20(22)23;/h6-9,12-13,20H,5,10-11H2,1-4H3,(H2,24,25,26);1H. The molecule has 0 heterocycles. The zero-order chi connectivity index (χ0) is 21.9. The Morgan fingerprint density at radius 3 is 2.19 bits per heavy atom. The van der Waals surface area contributed by atoms with Crippen molar-refractivity contribution in [2.45, 2.75) is 20.0 Å². The van der Waals surface area contributed by atoms with E-state index in [0.29, 0.717) is 37.0 Å². The van der Waals surface area contributed by atoms with Gasteiger partial charge in [-0.1, -0.05) is 6.07 Å². The second kappa shape index (κ2) is 13.7. The van der Waals surface area contributed by atoms with Crippen LogP contribution in [0.3, 0.4) is 0 Å². The van der Waals surface area contributed by atoms with Crippen LogP contribution in [0.4, 0.5) is 14.5 Å². The molecule has 0 atom stereocenters. The average molecular weight is 551 g/mol. The summed E-state index contributed by atoms with van der Waals surface area (Å²) in [5.74, 6) is 2.08. The molecule has 31 heavy (non-hydrogen) atoms. The zero-order valence-electron chi connectivity index (χ0n) is 17.9. The van der Waals surface area contributed by atoms with E-state index in [4.69, 9.17) is 14.2 Å². The maximum Gasteiger partial charge on any atom is 0.387 e. The van der Waals surface area contributed by atoms with Crippen molar-refractivity contribution in [1.82, 2.24) is 5.32 Å². The van der Waals surface area contributed by atoms with Crippen LogP contribution in [-0.2, 0) is 6.42 Å². The van der Waals surface area contributed by atoms with E-state index >= 15 is 0 Å². The Balaban J connectivity index is 0.00000480. The fourth-order valence-corrected chi connectivity index (χ4v) is 2.72. The molecule has 2 aromatic rings. The van der Waals surface area contributed by atoms with Crippen LogP contribution in [0.5, 0.6) is 23.0 Å². The summed E-state index contributed by atoms with van der Waals surface area (Å²) < 4.78 is 45.3. The van der Waals surface area contributed by atoms with E-state index in [1.807, 2.05) is 19.1 Å². The quantitative estimate of drug-likeness (QED) is 0.257. The lowest BCUT2D eigenvalue weighted by atomic mass is 10.1. The number of ether oxygens (including phenoxy) is 4. The number of nitrogens with zero attached hydrogens (tertiary/aromatic N) is 1. The van der Waals surface area contributed by atoms with Gasteiger partial charge in [-0.2, -0.15) is 8.78 Å². The van der Waals surface area contributed by atoms with Gasteiger partial charge in [0.25, 0.3) is 0 Å². The predicted octanol–water partition coefficient (Wildman–Crippen LogP) is 4.55. The minimum absolute atomic E-state index is 0. The molecule has 0 saturated heterocycles. The zero-order valence-corrected chi connectivity index (χ0v) is 20.2. The number of rotatable bonds is 10. The number of aliphatic imine (C=N–C) groups is 1. The molecule has 0 unspecified atom stereocenters. The van der Waals surface area contributed by atoms with Gasteiger partial charge in [-0.05, 0) is 43.2 Å². The van der Waals surface area contributed by atoms with Crippen LogP contribution in [0.25, 0.3) is 0 Å². The van der Waals surface area contributed by atoms with E-state index in [0.717, 1.165) is 11.3 Å². The lowest BCUT2D eigenvalue weighted by Crippen LogP contribution is -2.30. The van der Waals surface area contributed by atoms with E-state index in [9.17, 15) is 8.78 Å². The minimum Gasteiger partial charge on any atom is -0.493 e. The summed E-state index contributed by atoms with van der Waals surface area (Å²) in [5, 5.41) is 6.37. The molecule has 0 spiro atoms. The highest BCUT2D eigenvalue weighted by molar-refractivity contribution is 14.0. The molecular formula is C21H28F2IN3O4. The summed E-state index contributed by atoms with van der Waals surface area (Å²) in [6.45, 7) is 0.151. The fraction of sp³-hybridized carbons (Fsp3) is 0.381. The van der Waals surface area contributed by atoms with Crippen molar-refractivity contribution in [3.05, 3.63) is 42.0 Å². The first-order chi connectivity index (χ1) is 14.5. The monoisotopic (exact) mass is 551 g/mol. The van der Waals surface area contributed by atoms with Crippen LogP contribution >= 0.6 is 24.0 Å². The topological polar surface area (TPSA) is 73.3 Å². The van der Waals surface area contributed by atoms with Gasteiger partial charge in [0, 0.05) is 24.8 Å². The fourth-order valence-electron chi connectivity index (χ4n) is 2.72. The molecule has 2 rings (SSSR count). The van der Waals surface area contributed by atoms with E-state index in [-0.39, 0.29) is 35.5 Å². The first-order valence-corrected chi connectivity index (χ1v) is 9.39. The number of nitrogens with one attached hydrogen (secondary N) is 2. The van der Waals surface area contributed by atoms with E-state index in [2.05, 4.69) is 20.4 Å². The summed E-state index contributed by atoms with van der Waals surface area (Å²) in [6.07, 6.45) is 0.534. The highest BCUT2D eigenvalue weighted by Gasteiger charge is 2.11. The maximum atomic E-state index is 12.6. The smallest absolute Gasteiger partial charge is 0.387 e. The molecule has 0 radical (unpaired) electrons. The van der Waals surface area contributed by atoms with Gasteiger partial charge in [0.2, 0.25) is 0 Å². The molecule has 0 aliphatic carbocycles. The summed E-state index contributed by atoms with van der Waals surface area (Å²) in [4.78, 5) is 4.54. The Bertz CT molecular complexity index is 853. The first-order valence-electron chi connectivity index (χ1n) is 9.39. The summed E-state index contributed by atoms with van der Waals surface area (Å²) >= 11 is 0. The van der Waals surface area contributed by atoms with Gasteiger partial charge in [0.15, 0.2) is 29.0 Å². The minimum atomic E-state index is -2.92. The normalized spacial score (nSPS) is 10.9. The van der Waals surface area contributed by atoms with Gasteiger partial charge >= 0.3 is 6.61 Å². The van der Waals surface area contributed by atoms with Gasteiger partial charge in [-0.3, -0.25) is 4.99 Å². The van der Waals surface area contributed by atoms with Gasteiger partial charge in [0.05, 0.1) is 21.3 Å². The van der Waals surface area contributed by atoms with Crippen molar-refractivity contribution in [1.29, 1.82) is 0 Å². The molecule has 10 heteroatoms. The highest BCUT2D eigenvalue weighted by atomic mass is 127. The van der Waals surface area contributed by atoms with Crippen molar-refractivity contribution in [2.75, 3.05) is 39.7 Å². The SMILES string of the molecule is CCNC(=NCCc1ccc(OC)c(OC(F)F)c1)Nc1ccc(OC)c(OC)c1.I. The molecular weight excluding hydrogens is 523 g/mol. The lowest BCUT2D eigenvalue weighted by molar-refractivity contribution is -0.0512. The Morgan fingerprint density at radius 2 is 1.58 bits per heavy atom. The van der Waals surface area contributed by atoms with Crippen molar-refractivity contribution in [3.8, 4) is 23.0 Å². The maximum absolute atomic E-state index is 12.6. The number of anilines is 1. The molecule has 2 aromatic carbocycles. The molecule has 0 aliphatic rings. The van der Waals surface area contributed by atoms with Gasteiger partial charge in [0.1, 0.15) is 0 Å². The highest BCUT2D eigenvalue weighted by Crippen LogP contribution is 2.30. The summed E-state index contributed by atoms with van der Waals surface area (Å²) in [7, 11) is 4.55. The van der Waals surface area contributed by atoms with E-state index in [1.165, 1.54) is 13.2 Å². The predicted molar refractivity (Wildman–Crippen MR) is 128 cm³/mol. The Kier molecular flexibility index (Phi) is 11.8. The van der Waals surface area contributed by atoms with Crippen LogP contribution < -0.4 is 29.6 Å². The number of hydrogen-bond acceptors (Lipinski definition) is 5. The Labute approximate surface area is 198 Å². The van der Waals surface area contributed by atoms with Crippen molar-refractivity contribution >= 4 is 35.6 Å². The number of benzene rings is 2. The largest absolute Gasteiger partial charge is 0.493 e. The van der Waals surface area contributed by atoms with E-state index < -0.39 is 6.61 Å². The summed E-state index contributed by atoms with van der Waals surface area (Å²) in [6, 6.07) is 10.4. The van der Waals surface area contributed by atoms with Crippen LogP contribution in [-0.4, -0.2) is 47.0 Å². The molecule has 7 nitrogen and oxygen atoms in total. The van der Waals surface area contributed by atoms with Crippen LogP contribution in [0, 0.1) is 0 Å². The molecule has 2 N–H and O–H groups in total. The van der Waals surface area contributed by atoms with Crippen LogP contribution in [0.2, 0.25) is 0 Å². The average Bonchev–Trinajstić information content (AvgIpc) is 2.73. The van der Waals surface area contributed by atoms with E-state index in [1.54, 1.807) is 32.4 Å². The molecule has 172 valence electrons. The lowest BCUT2D eigenvalue weighted by Gasteiger charge is -2.14. The van der Waals surface area contributed by atoms with Gasteiger partial charge in [-0.25, -0.2) is 0 Å². The van der Waals surface area contributed by atoms with Crippen molar-refractivity contribution in [3.63, 3.8) is 0 Å².